The molecule has 0 bridgehead atoms. The fourth-order valence-corrected chi connectivity index (χ4v) is 2.09. The molecule has 1 aromatic rings. The average Bonchev–Trinajstić information content (AvgIpc) is 2.29. The second-order valence-corrected chi connectivity index (χ2v) is 4.58. The lowest BCUT2D eigenvalue weighted by atomic mass is 10.1. The number of benzene rings is 1. The molecule has 0 aromatic heterocycles. The lowest BCUT2D eigenvalue weighted by molar-refractivity contribution is 0.255. The molecule has 0 spiro atoms. The van der Waals surface area contributed by atoms with Crippen molar-refractivity contribution >= 4 is 0 Å². The number of nitrogens with one attached hydrogen (secondary N) is 1. The van der Waals surface area contributed by atoms with Crippen molar-refractivity contribution in [1.29, 1.82) is 0 Å². The van der Waals surface area contributed by atoms with Crippen molar-refractivity contribution in [3.05, 3.63) is 29.3 Å². The first kappa shape index (κ1) is 14.0. The number of aryl methyl sites for hydroxylation is 2. The van der Waals surface area contributed by atoms with Gasteiger partial charge in [0.25, 0.3) is 0 Å². The van der Waals surface area contributed by atoms with Crippen LogP contribution in [0.4, 0.5) is 0 Å². The minimum Gasteiger partial charge on any atom is -0.491 e. The van der Waals surface area contributed by atoms with E-state index in [0.29, 0.717) is 6.04 Å². The molecule has 0 aliphatic carbocycles. The van der Waals surface area contributed by atoms with Crippen LogP contribution in [-0.2, 0) is 0 Å². The summed E-state index contributed by atoms with van der Waals surface area (Å²) in [6.07, 6.45) is 2.35. The first-order chi connectivity index (χ1) is 8.19. The fourth-order valence-electron chi connectivity index (χ4n) is 2.09. The molecule has 1 atom stereocenters. The Bertz CT molecular complexity index is 309. The molecule has 0 saturated carbocycles. The van der Waals surface area contributed by atoms with Crippen molar-refractivity contribution < 1.29 is 4.74 Å². The predicted molar refractivity (Wildman–Crippen MR) is 73.8 cm³/mol. The zero-order chi connectivity index (χ0) is 12.7. The van der Waals surface area contributed by atoms with E-state index in [-0.39, 0.29) is 0 Å². The third kappa shape index (κ3) is 4.39. The molecule has 0 amide bonds. The standard InChI is InChI=1S/C15H25NO/c1-5-8-14(16-6-2)11-17-15-12(3)9-7-10-13(15)4/h7,9-10,14,16H,5-6,8,11H2,1-4H3. The van der Waals surface area contributed by atoms with Gasteiger partial charge in [-0.2, -0.15) is 0 Å². The molecule has 2 heteroatoms. The summed E-state index contributed by atoms with van der Waals surface area (Å²) in [5, 5.41) is 3.47. The Labute approximate surface area is 105 Å². The Morgan fingerprint density at radius 2 is 1.82 bits per heavy atom. The molecule has 0 fully saturated rings. The summed E-state index contributed by atoms with van der Waals surface area (Å²) in [5.74, 6) is 1.05. The minimum absolute atomic E-state index is 0.462. The van der Waals surface area contributed by atoms with Gasteiger partial charge in [0.15, 0.2) is 0 Å². The van der Waals surface area contributed by atoms with E-state index < -0.39 is 0 Å². The molecule has 0 aliphatic rings. The van der Waals surface area contributed by atoms with Crippen LogP contribution in [0.15, 0.2) is 18.2 Å². The van der Waals surface area contributed by atoms with Gasteiger partial charge in [-0.15, -0.1) is 0 Å². The van der Waals surface area contributed by atoms with E-state index in [4.69, 9.17) is 4.74 Å². The summed E-state index contributed by atoms with van der Waals surface area (Å²) >= 11 is 0. The molecule has 0 saturated heterocycles. The Morgan fingerprint density at radius 3 is 2.35 bits per heavy atom. The number of hydrogen-bond donors (Lipinski definition) is 1. The monoisotopic (exact) mass is 235 g/mol. The maximum Gasteiger partial charge on any atom is 0.125 e. The zero-order valence-electron chi connectivity index (χ0n) is 11.5. The highest BCUT2D eigenvalue weighted by molar-refractivity contribution is 5.39. The topological polar surface area (TPSA) is 21.3 Å². The summed E-state index contributed by atoms with van der Waals surface area (Å²) in [7, 11) is 0. The molecule has 0 heterocycles. The van der Waals surface area contributed by atoms with E-state index in [9.17, 15) is 0 Å². The predicted octanol–water partition coefficient (Wildman–Crippen LogP) is 3.46. The van der Waals surface area contributed by atoms with Gasteiger partial charge in [-0.25, -0.2) is 0 Å². The van der Waals surface area contributed by atoms with E-state index in [0.717, 1.165) is 18.9 Å². The first-order valence-electron chi connectivity index (χ1n) is 6.61. The Balaban J connectivity index is 2.58. The van der Waals surface area contributed by atoms with Crippen molar-refractivity contribution in [1.82, 2.24) is 5.32 Å². The summed E-state index contributed by atoms with van der Waals surface area (Å²) < 4.78 is 5.97. The van der Waals surface area contributed by atoms with Gasteiger partial charge >= 0.3 is 0 Å². The van der Waals surface area contributed by atoms with E-state index >= 15 is 0 Å². The summed E-state index contributed by atoms with van der Waals surface area (Å²) in [6, 6.07) is 6.74. The molecule has 1 aromatic carbocycles. The van der Waals surface area contributed by atoms with Crippen LogP contribution in [0.1, 0.15) is 37.8 Å². The van der Waals surface area contributed by atoms with Crippen LogP contribution >= 0.6 is 0 Å². The lowest BCUT2D eigenvalue weighted by Crippen LogP contribution is -2.34. The van der Waals surface area contributed by atoms with E-state index in [1.807, 2.05) is 0 Å². The maximum atomic E-state index is 5.97. The second-order valence-electron chi connectivity index (χ2n) is 4.58. The average molecular weight is 235 g/mol. The highest BCUT2D eigenvalue weighted by Gasteiger charge is 2.09. The van der Waals surface area contributed by atoms with Crippen molar-refractivity contribution in [2.45, 2.75) is 46.6 Å². The molecule has 17 heavy (non-hydrogen) atoms. The van der Waals surface area contributed by atoms with E-state index in [1.54, 1.807) is 0 Å². The van der Waals surface area contributed by atoms with Gasteiger partial charge in [0.05, 0.1) is 0 Å². The van der Waals surface area contributed by atoms with Gasteiger partial charge in [0.1, 0.15) is 12.4 Å². The van der Waals surface area contributed by atoms with Gasteiger partial charge < -0.3 is 10.1 Å². The number of para-hydroxylation sites is 1. The largest absolute Gasteiger partial charge is 0.491 e. The molecule has 1 rings (SSSR count). The van der Waals surface area contributed by atoms with Gasteiger partial charge in [0, 0.05) is 6.04 Å². The number of likely N-dealkylation sites (N-methyl/N-ethyl adjacent to an activating group) is 1. The zero-order valence-corrected chi connectivity index (χ0v) is 11.5. The molecule has 2 nitrogen and oxygen atoms in total. The lowest BCUT2D eigenvalue weighted by Gasteiger charge is -2.19. The summed E-state index contributed by atoms with van der Waals surface area (Å²) in [5.41, 5.74) is 2.44. The minimum atomic E-state index is 0.462. The highest BCUT2D eigenvalue weighted by Crippen LogP contribution is 2.22. The molecular weight excluding hydrogens is 210 g/mol. The van der Waals surface area contributed by atoms with Crippen LogP contribution < -0.4 is 10.1 Å². The quantitative estimate of drug-likeness (QED) is 0.781. The Morgan fingerprint density at radius 1 is 1.18 bits per heavy atom. The van der Waals surface area contributed by atoms with Crippen molar-refractivity contribution in [2.75, 3.05) is 13.2 Å². The molecule has 1 N–H and O–H groups in total. The normalized spacial score (nSPS) is 12.5. The Hall–Kier alpha value is -1.02. The van der Waals surface area contributed by atoms with Crippen LogP contribution in [0.3, 0.4) is 0 Å². The van der Waals surface area contributed by atoms with E-state index in [2.05, 4.69) is 51.2 Å². The van der Waals surface area contributed by atoms with Crippen LogP contribution in [0.2, 0.25) is 0 Å². The Kier molecular flexibility index (Phi) is 6.06. The molecule has 0 radical (unpaired) electrons. The van der Waals surface area contributed by atoms with Crippen LogP contribution in [-0.4, -0.2) is 19.2 Å². The SMILES string of the molecule is CCCC(COc1c(C)cccc1C)NCC. The summed E-state index contributed by atoms with van der Waals surface area (Å²) in [4.78, 5) is 0. The van der Waals surface area contributed by atoms with Crippen LogP contribution in [0, 0.1) is 13.8 Å². The fraction of sp³-hybridized carbons (Fsp3) is 0.600. The number of ether oxygens (including phenoxy) is 1. The van der Waals surface area contributed by atoms with Crippen LogP contribution in [0.25, 0.3) is 0 Å². The molecule has 96 valence electrons. The van der Waals surface area contributed by atoms with Crippen LogP contribution in [0.5, 0.6) is 5.75 Å². The first-order valence-corrected chi connectivity index (χ1v) is 6.61. The number of hydrogen-bond acceptors (Lipinski definition) is 2. The van der Waals surface area contributed by atoms with Crippen molar-refractivity contribution in [2.24, 2.45) is 0 Å². The molecule has 1 unspecified atom stereocenters. The van der Waals surface area contributed by atoms with E-state index in [1.165, 1.54) is 24.0 Å². The van der Waals surface area contributed by atoms with Gasteiger partial charge in [-0.1, -0.05) is 38.5 Å². The third-order valence-electron chi connectivity index (χ3n) is 2.97. The summed E-state index contributed by atoms with van der Waals surface area (Å²) in [6.45, 7) is 10.3. The molecular formula is C15H25NO. The van der Waals surface area contributed by atoms with Crippen molar-refractivity contribution in [3.8, 4) is 5.75 Å². The van der Waals surface area contributed by atoms with Gasteiger partial charge in [-0.3, -0.25) is 0 Å². The smallest absolute Gasteiger partial charge is 0.125 e. The van der Waals surface area contributed by atoms with Gasteiger partial charge in [-0.05, 0) is 37.9 Å². The molecule has 0 aliphatic heterocycles. The van der Waals surface area contributed by atoms with Gasteiger partial charge in [0.2, 0.25) is 0 Å². The number of rotatable bonds is 7. The third-order valence-corrected chi connectivity index (χ3v) is 2.97. The van der Waals surface area contributed by atoms with Crippen molar-refractivity contribution in [3.63, 3.8) is 0 Å². The maximum absolute atomic E-state index is 5.97. The second kappa shape index (κ2) is 7.33. The highest BCUT2D eigenvalue weighted by atomic mass is 16.5.